The number of benzene rings is 1. The van der Waals surface area contributed by atoms with Crippen molar-refractivity contribution >= 4 is 11.4 Å². The molecule has 1 aromatic carbocycles. The Bertz CT molecular complexity index is 372. The van der Waals surface area contributed by atoms with Crippen molar-refractivity contribution in [3.8, 4) is 0 Å². The van der Waals surface area contributed by atoms with Crippen LogP contribution in [-0.4, -0.2) is 13.6 Å². The molecule has 94 valence electrons. The number of anilines is 2. The highest BCUT2D eigenvalue weighted by molar-refractivity contribution is 5.53. The standard InChI is InChI=1S/C14H21FN2/c1-17(9-8-11-4-2-3-5-11)12-6-7-14(16)13(15)10-12/h6-7,10-11H,2-5,8-9,16H2,1H3. The van der Waals surface area contributed by atoms with Gasteiger partial charge >= 0.3 is 0 Å². The second-order valence-electron chi connectivity index (χ2n) is 5.07. The van der Waals surface area contributed by atoms with Crippen LogP contribution in [-0.2, 0) is 0 Å². The molecule has 0 saturated heterocycles. The normalized spacial score (nSPS) is 16.4. The molecule has 0 heterocycles. The monoisotopic (exact) mass is 236 g/mol. The Hall–Kier alpha value is -1.25. The summed E-state index contributed by atoms with van der Waals surface area (Å²) in [6, 6.07) is 5.04. The summed E-state index contributed by atoms with van der Waals surface area (Å²) in [5.74, 6) is 0.547. The van der Waals surface area contributed by atoms with E-state index >= 15 is 0 Å². The Morgan fingerprint density at radius 1 is 1.35 bits per heavy atom. The van der Waals surface area contributed by atoms with Crippen molar-refractivity contribution in [2.45, 2.75) is 32.1 Å². The molecular weight excluding hydrogens is 215 g/mol. The molecule has 0 atom stereocenters. The minimum atomic E-state index is -0.324. The molecule has 17 heavy (non-hydrogen) atoms. The van der Waals surface area contributed by atoms with Crippen molar-refractivity contribution in [1.82, 2.24) is 0 Å². The van der Waals surface area contributed by atoms with Crippen LogP contribution in [0.5, 0.6) is 0 Å². The predicted octanol–water partition coefficient (Wildman–Crippen LogP) is 3.42. The molecule has 1 saturated carbocycles. The zero-order chi connectivity index (χ0) is 12.3. The molecule has 0 spiro atoms. The topological polar surface area (TPSA) is 29.3 Å². The molecule has 2 rings (SSSR count). The summed E-state index contributed by atoms with van der Waals surface area (Å²) in [5.41, 5.74) is 6.60. The van der Waals surface area contributed by atoms with E-state index in [2.05, 4.69) is 4.90 Å². The Morgan fingerprint density at radius 3 is 2.71 bits per heavy atom. The third-order valence-corrected chi connectivity index (χ3v) is 3.77. The van der Waals surface area contributed by atoms with Gasteiger partial charge in [0.15, 0.2) is 0 Å². The van der Waals surface area contributed by atoms with Crippen molar-refractivity contribution in [1.29, 1.82) is 0 Å². The fourth-order valence-electron chi connectivity index (χ4n) is 2.56. The van der Waals surface area contributed by atoms with E-state index in [9.17, 15) is 4.39 Å². The Morgan fingerprint density at radius 2 is 2.06 bits per heavy atom. The van der Waals surface area contributed by atoms with Gasteiger partial charge in [0.25, 0.3) is 0 Å². The van der Waals surface area contributed by atoms with Gasteiger partial charge in [-0.25, -0.2) is 4.39 Å². The fraction of sp³-hybridized carbons (Fsp3) is 0.571. The number of nitrogen functional groups attached to an aromatic ring is 1. The van der Waals surface area contributed by atoms with E-state index in [1.165, 1.54) is 38.2 Å². The maximum Gasteiger partial charge on any atom is 0.148 e. The van der Waals surface area contributed by atoms with Crippen molar-refractivity contribution in [2.75, 3.05) is 24.2 Å². The molecule has 0 aliphatic heterocycles. The molecule has 2 N–H and O–H groups in total. The number of halogens is 1. The second-order valence-corrected chi connectivity index (χ2v) is 5.07. The SMILES string of the molecule is CN(CCC1CCCC1)c1ccc(N)c(F)c1. The van der Waals surface area contributed by atoms with E-state index in [1.54, 1.807) is 6.07 Å². The number of rotatable bonds is 4. The number of hydrogen-bond donors (Lipinski definition) is 1. The van der Waals surface area contributed by atoms with E-state index in [1.807, 2.05) is 13.1 Å². The lowest BCUT2D eigenvalue weighted by Crippen LogP contribution is -2.20. The molecule has 1 aliphatic rings. The smallest absolute Gasteiger partial charge is 0.148 e. The van der Waals surface area contributed by atoms with Crippen LogP contribution < -0.4 is 10.6 Å². The fourth-order valence-corrected chi connectivity index (χ4v) is 2.56. The highest BCUT2D eigenvalue weighted by Crippen LogP contribution is 2.28. The second kappa shape index (κ2) is 5.39. The first-order chi connectivity index (χ1) is 8.16. The van der Waals surface area contributed by atoms with Gasteiger partial charge in [-0.1, -0.05) is 25.7 Å². The summed E-state index contributed by atoms with van der Waals surface area (Å²) < 4.78 is 13.3. The van der Waals surface area contributed by atoms with Crippen molar-refractivity contribution in [3.05, 3.63) is 24.0 Å². The minimum Gasteiger partial charge on any atom is -0.396 e. The third-order valence-electron chi connectivity index (χ3n) is 3.77. The van der Waals surface area contributed by atoms with Crippen LogP contribution in [0.25, 0.3) is 0 Å². The maximum absolute atomic E-state index is 13.3. The van der Waals surface area contributed by atoms with E-state index in [0.717, 1.165) is 18.2 Å². The van der Waals surface area contributed by atoms with Crippen LogP contribution in [0.1, 0.15) is 32.1 Å². The first-order valence-corrected chi connectivity index (χ1v) is 6.43. The summed E-state index contributed by atoms with van der Waals surface area (Å²) in [7, 11) is 2.01. The van der Waals surface area contributed by atoms with Crippen molar-refractivity contribution < 1.29 is 4.39 Å². The zero-order valence-electron chi connectivity index (χ0n) is 10.5. The van der Waals surface area contributed by atoms with E-state index in [0.29, 0.717) is 0 Å². The van der Waals surface area contributed by atoms with Gasteiger partial charge in [0.2, 0.25) is 0 Å². The molecule has 1 fully saturated rings. The predicted molar refractivity (Wildman–Crippen MR) is 70.7 cm³/mol. The number of nitrogens with two attached hydrogens (primary N) is 1. The van der Waals surface area contributed by atoms with E-state index in [-0.39, 0.29) is 11.5 Å². The molecule has 1 aliphatic carbocycles. The lowest BCUT2D eigenvalue weighted by molar-refractivity contribution is 0.505. The van der Waals surface area contributed by atoms with Crippen LogP contribution in [0.3, 0.4) is 0 Å². The van der Waals surface area contributed by atoms with Crippen LogP contribution in [0.15, 0.2) is 18.2 Å². The molecule has 0 unspecified atom stereocenters. The zero-order valence-corrected chi connectivity index (χ0v) is 10.5. The Kier molecular flexibility index (Phi) is 3.87. The van der Waals surface area contributed by atoms with Crippen molar-refractivity contribution in [3.63, 3.8) is 0 Å². The molecule has 0 aromatic heterocycles. The first kappa shape index (κ1) is 12.2. The molecule has 0 amide bonds. The quantitative estimate of drug-likeness (QED) is 0.812. The van der Waals surface area contributed by atoms with Gasteiger partial charge < -0.3 is 10.6 Å². The van der Waals surface area contributed by atoms with Gasteiger partial charge in [-0.2, -0.15) is 0 Å². The van der Waals surface area contributed by atoms with Crippen LogP contribution in [0.4, 0.5) is 15.8 Å². The maximum atomic E-state index is 13.3. The summed E-state index contributed by atoms with van der Waals surface area (Å²) in [5, 5.41) is 0. The minimum absolute atomic E-state index is 0.220. The molecule has 1 aromatic rings. The average Bonchev–Trinajstić information content (AvgIpc) is 2.82. The molecule has 2 nitrogen and oxygen atoms in total. The van der Waals surface area contributed by atoms with Crippen LogP contribution in [0, 0.1) is 11.7 Å². The first-order valence-electron chi connectivity index (χ1n) is 6.43. The largest absolute Gasteiger partial charge is 0.396 e. The van der Waals surface area contributed by atoms with Gasteiger partial charge in [0.1, 0.15) is 5.82 Å². The molecular formula is C14H21FN2. The van der Waals surface area contributed by atoms with E-state index < -0.39 is 0 Å². The van der Waals surface area contributed by atoms with Crippen molar-refractivity contribution in [2.24, 2.45) is 5.92 Å². The van der Waals surface area contributed by atoms with Gasteiger partial charge in [-0.3, -0.25) is 0 Å². The van der Waals surface area contributed by atoms with Crippen LogP contribution >= 0.6 is 0 Å². The number of hydrogen-bond acceptors (Lipinski definition) is 2. The molecule has 0 radical (unpaired) electrons. The Balaban J connectivity index is 1.89. The van der Waals surface area contributed by atoms with Gasteiger partial charge in [-0.05, 0) is 30.5 Å². The number of nitrogens with zero attached hydrogens (tertiary/aromatic N) is 1. The van der Waals surface area contributed by atoms with Gasteiger partial charge in [0, 0.05) is 19.3 Å². The molecule has 3 heteroatoms. The lowest BCUT2D eigenvalue weighted by atomic mass is 10.0. The Labute approximate surface area is 103 Å². The van der Waals surface area contributed by atoms with Gasteiger partial charge in [0.05, 0.1) is 5.69 Å². The van der Waals surface area contributed by atoms with Gasteiger partial charge in [-0.15, -0.1) is 0 Å². The third kappa shape index (κ3) is 3.11. The van der Waals surface area contributed by atoms with Crippen LogP contribution in [0.2, 0.25) is 0 Å². The lowest BCUT2D eigenvalue weighted by Gasteiger charge is -2.21. The highest BCUT2D eigenvalue weighted by atomic mass is 19.1. The summed E-state index contributed by atoms with van der Waals surface area (Å²) in [6.07, 6.45) is 6.70. The molecule has 0 bridgehead atoms. The highest BCUT2D eigenvalue weighted by Gasteiger charge is 2.15. The summed E-state index contributed by atoms with van der Waals surface area (Å²) >= 11 is 0. The summed E-state index contributed by atoms with van der Waals surface area (Å²) in [6.45, 7) is 0.994. The van der Waals surface area contributed by atoms with E-state index in [4.69, 9.17) is 5.73 Å². The average molecular weight is 236 g/mol. The summed E-state index contributed by atoms with van der Waals surface area (Å²) in [4.78, 5) is 2.11.